The monoisotopic (exact) mass is 273 g/mol. The molecule has 0 spiro atoms. The number of ether oxygens (including phenoxy) is 1. The summed E-state index contributed by atoms with van der Waals surface area (Å²) in [5, 5.41) is 8.57. The number of hydrogen-bond donors (Lipinski definition) is 2. The van der Waals surface area contributed by atoms with Gasteiger partial charge in [-0.05, 0) is 18.2 Å². The van der Waals surface area contributed by atoms with E-state index >= 15 is 0 Å². The minimum Gasteiger partial charge on any atom is -0.492 e. The first-order valence-electron chi connectivity index (χ1n) is 5.12. The number of nitrogens with one attached hydrogen (secondary N) is 1. The van der Waals surface area contributed by atoms with E-state index in [-0.39, 0.29) is 18.6 Å². The van der Waals surface area contributed by atoms with Crippen LogP contribution in [0.4, 0.5) is 13.2 Å². The van der Waals surface area contributed by atoms with Gasteiger partial charge in [-0.1, -0.05) is 0 Å². The molecule has 0 unspecified atom stereocenters. The van der Waals surface area contributed by atoms with Gasteiger partial charge in [0, 0.05) is 0 Å². The highest BCUT2D eigenvalue weighted by molar-refractivity contribution is 5.75. The van der Waals surface area contributed by atoms with Gasteiger partial charge in [0.15, 0.2) is 0 Å². The molecule has 1 aromatic carbocycles. The zero-order valence-electron chi connectivity index (χ0n) is 9.62. The number of nitriles is 1. The molecule has 0 aliphatic rings. The van der Waals surface area contributed by atoms with E-state index in [9.17, 15) is 18.0 Å². The Morgan fingerprint density at radius 3 is 2.68 bits per heavy atom. The summed E-state index contributed by atoms with van der Waals surface area (Å²) in [4.78, 5) is 10.8. The molecule has 0 saturated heterocycles. The van der Waals surface area contributed by atoms with Gasteiger partial charge in [0.05, 0.1) is 30.2 Å². The molecular formula is C11H10F3N3O2. The first kappa shape index (κ1) is 14.8. The summed E-state index contributed by atoms with van der Waals surface area (Å²) >= 11 is 0. The molecule has 0 bridgehead atoms. The quantitative estimate of drug-likeness (QED) is 0.492. The van der Waals surface area contributed by atoms with Crippen molar-refractivity contribution in [1.29, 1.82) is 5.26 Å². The van der Waals surface area contributed by atoms with Gasteiger partial charge in [0.2, 0.25) is 5.91 Å². The van der Waals surface area contributed by atoms with Crippen LogP contribution < -0.4 is 16.0 Å². The molecule has 1 aromatic rings. The molecule has 8 heteroatoms. The van der Waals surface area contributed by atoms with Crippen LogP contribution in [0, 0.1) is 11.3 Å². The maximum absolute atomic E-state index is 12.7. The Hall–Kier alpha value is -2.27. The molecule has 1 rings (SSSR count). The van der Waals surface area contributed by atoms with Crippen LogP contribution in [-0.4, -0.2) is 12.5 Å². The molecule has 5 nitrogen and oxygen atoms in total. The molecular weight excluding hydrogens is 263 g/mol. The van der Waals surface area contributed by atoms with Gasteiger partial charge in [-0.2, -0.15) is 18.4 Å². The van der Waals surface area contributed by atoms with Crippen molar-refractivity contribution in [1.82, 2.24) is 5.43 Å². The summed E-state index contributed by atoms with van der Waals surface area (Å²) in [5.41, 5.74) is 0.649. The van der Waals surface area contributed by atoms with Gasteiger partial charge in [0.1, 0.15) is 5.75 Å². The number of carbonyl (C=O) groups is 1. The van der Waals surface area contributed by atoms with Crippen molar-refractivity contribution in [3.63, 3.8) is 0 Å². The lowest BCUT2D eigenvalue weighted by atomic mass is 10.1. The summed E-state index contributed by atoms with van der Waals surface area (Å²) < 4.78 is 43.1. The Labute approximate surface area is 106 Å². The number of hydrogen-bond acceptors (Lipinski definition) is 4. The molecule has 0 aliphatic heterocycles. The highest BCUT2D eigenvalue weighted by Crippen LogP contribution is 2.36. The zero-order valence-corrected chi connectivity index (χ0v) is 9.62. The number of halogens is 3. The molecule has 0 aromatic heterocycles. The Balaban J connectivity index is 2.89. The summed E-state index contributed by atoms with van der Waals surface area (Å²) in [6.45, 7) is -0.252. The summed E-state index contributed by atoms with van der Waals surface area (Å²) in [7, 11) is 0. The molecule has 0 aliphatic carbocycles. The van der Waals surface area contributed by atoms with E-state index in [0.717, 1.165) is 6.07 Å². The van der Waals surface area contributed by atoms with E-state index in [0.29, 0.717) is 6.07 Å². The first-order valence-corrected chi connectivity index (χ1v) is 5.12. The molecule has 0 atom stereocenters. The lowest BCUT2D eigenvalue weighted by Crippen LogP contribution is -2.31. The van der Waals surface area contributed by atoms with Crippen molar-refractivity contribution in [2.24, 2.45) is 5.84 Å². The zero-order chi connectivity index (χ0) is 14.5. The number of benzene rings is 1. The largest absolute Gasteiger partial charge is 0.492 e. The number of alkyl halides is 3. The van der Waals surface area contributed by atoms with E-state index in [1.54, 1.807) is 6.07 Å². The number of amides is 1. The van der Waals surface area contributed by atoms with E-state index in [4.69, 9.17) is 15.8 Å². The van der Waals surface area contributed by atoms with Gasteiger partial charge in [0.25, 0.3) is 0 Å². The third-order valence-corrected chi connectivity index (χ3v) is 2.16. The second-order valence-electron chi connectivity index (χ2n) is 3.49. The third kappa shape index (κ3) is 4.15. The summed E-state index contributed by atoms with van der Waals surface area (Å²) in [6.07, 6.45) is -4.81. The molecule has 102 valence electrons. The molecule has 0 fully saturated rings. The van der Waals surface area contributed by atoms with Crippen LogP contribution >= 0.6 is 0 Å². The maximum atomic E-state index is 12.7. The predicted octanol–water partition coefficient (Wildman–Crippen LogP) is 1.34. The minimum atomic E-state index is -4.64. The highest BCUT2D eigenvalue weighted by Gasteiger charge is 2.34. The van der Waals surface area contributed by atoms with Crippen molar-refractivity contribution >= 4 is 5.91 Å². The van der Waals surface area contributed by atoms with Crippen molar-refractivity contribution in [2.45, 2.75) is 12.6 Å². The SMILES string of the molecule is N#Cc1ccc(OCCC(=O)NN)c(C(F)(F)F)c1. The Bertz CT molecular complexity index is 509. The van der Waals surface area contributed by atoms with Gasteiger partial charge >= 0.3 is 6.18 Å². The minimum absolute atomic E-state index is 0.126. The molecule has 3 N–H and O–H groups in total. The van der Waals surface area contributed by atoms with Gasteiger partial charge < -0.3 is 4.74 Å². The molecule has 0 saturated carbocycles. The Kier molecular flexibility index (Phi) is 4.72. The third-order valence-electron chi connectivity index (χ3n) is 2.16. The van der Waals surface area contributed by atoms with Crippen LogP contribution in [0.5, 0.6) is 5.75 Å². The summed E-state index contributed by atoms with van der Waals surface area (Å²) in [6, 6.07) is 4.55. The van der Waals surface area contributed by atoms with Crippen molar-refractivity contribution in [2.75, 3.05) is 6.61 Å². The Morgan fingerprint density at radius 2 is 2.16 bits per heavy atom. The molecule has 0 radical (unpaired) electrons. The van der Waals surface area contributed by atoms with Crippen LogP contribution in [0.3, 0.4) is 0 Å². The normalized spacial score (nSPS) is 10.7. The Morgan fingerprint density at radius 1 is 1.47 bits per heavy atom. The average Bonchev–Trinajstić information content (AvgIpc) is 2.37. The standard InChI is InChI=1S/C11H10F3N3O2/c12-11(13,14)8-5-7(6-15)1-2-9(8)19-4-3-10(18)17-16/h1-2,5H,3-4,16H2,(H,17,18). The predicted molar refractivity (Wildman–Crippen MR) is 58.6 cm³/mol. The van der Waals surface area contributed by atoms with E-state index in [1.807, 2.05) is 5.43 Å². The first-order chi connectivity index (χ1) is 8.88. The second kappa shape index (κ2) is 6.06. The number of hydrazine groups is 1. The lowest BCUT2D eigenvalue weighted by molar-refractivity contribution is -0.139. The van der Waals surface area contributed by atoms with E-state index in [2.05, 4.69) is 0 Å². The topological polar surface area (TPSA) is 88.1 Å². The lowest BCUT2D eigenvalue weighted by Gasteiger charge is -2.13. The van der Waals surface area contributed by atoms with Gasteiger partial charge in [-0.3, -0.25) is 10.2 Å². The molecule has 0 heterocycles. The van der Waals surface area contributed by atoms with Gasteiger partial charge in [-0.25, -0.2) is 5.84 Å². The van der Waals surface area contributed by atoms with Crippen molar-refractivity contribution < 1.29 is 22.7 Å². The summed E-state index contributed by atoms with van der Waals surface area (Å²) in [5.74, 6) is 3.83. The highest BCUT2D eigenvalue weighted by atomic mass is 19.4. The van der Waals surface area contributed by atoms with Crippen molar-refractivity contribution in [3.8, 4) is 11.8 Å². The molecule has 1 amide bonds. The number of nitrogens with two attached hydrogens (primary N) is 1. The van der Waals surface area contributed by atoms with Gasteiger partial charge in [-0.15, -0.1) is 0 Å². The van der Waals surface area contributed by atoms with Crippen molar-refractivity contribution in [3.05, 3.63) is 29.3 Å². The average molecular weight is 273 g/mol. The number of nitrogens with zero attached hydrogens (tertiary/aromatic N) is 1. The number of rotatable bonds is 4. The van der Waals surface area contributed by atoms with Crippen LogP contribution in [0.15, 0.2) is 18.2 Å². The molecule has 19 heavy (non-hydrogen) atoms. The number of carbonyl (C=O) groups excluding carboxylic acids is 1. The van der Waals surface area contributed by atoms with E-state index < -0.39 is 23.4 Å². The fourth-order valence-electron chi connectivity index (χ4n) is 1.27. The van der Waals surface area contributed by atoms with Crippen LogP contribution in [0.25, 0.3) is 0 Å². The van der Waals surface area contributed by atoms with Crippen LogP contribution in [0.1, 0.15) is 17.5 Å². The fraction of sp³-hybridized carbons (Fsp3) is 0.273. The fourth-order valence-corrected chi connectivity index (χ4v) is 1.27. The second-order valence-corrected chi connectivity index (χ2v) is 3.49. The smallest absolute Gasteiger partial charge is 0.420 e. The van der Waals surface area contributed by atoms with Crippen LogP contribution in [0.2, 0.25) is 0 Å². The van der Waals surface area contributed by atoms with Crippen LogP contribution in [-0.2, 0) is 11.0 Å². The van der Waals surface area contributed by atoms with E-state index in [1.165, 1.54) is 6.07 Å². The maximum Gasteiger partial charge on any atom is 0.420 e.